The summed E-state index contributed by atoms with van der Waals surface area (Å²) in [6, 6.07) is 8.23. The molecule has 9 heteroatoms. The summed E-state index contributed by atoms with van der Waals surface area (Å²) in [5.74, 6) is -1.74. The number of ether oxygens (including phenoxy) is 1. The number of hydrogen-bond donors (Lipinski definition) is 1. The Kier molecular flexibility index (Phi) is 6.06. The molecule has 1 aliphatic heterocycles. The van der Waals surface area contributed by atoms with Gasteiger partial charge in [0.15, 0.2) is 6.61 Å². The van der Waals surface area contributed by atoms with Crippen LogP contribution in [-0.4, -0.2) is 41.3 Å². The fourth-order valence-electron chi connectivity index (χ4n) is 3.15. The van der Waals surface area contributed by atoms with Crippen LogP contribution in [0, 0.1) is 22.9 Å². The minimum absolute atomic E-state index is 0.0126. The number of anilines is 1. The molecule has 2 aromatic rings. The van der Waals surface area contributed by atoms with Crippen LogP contribution in [0.4, 0.5) is 15.8 Å². The predicted octanol–water partition coefficient (Wildman–Crippen LogP) is 3.30. The number of carbonyl (C=O) groups is 2. The molecule has 0 radical (unpaired) electrons. The molecule has 1 fully saturated rings. The quantitative estimate of drug-likeness (QED) is 0.591. The normalized spacial score (nSPS) is 13.2. The van der Waals surface area contributed by atoms with Crippen molar-refractivity contribution in [3.05, 3.63) is 63.5 Å². The molecule has 0 unspecified atom stereocenters. The number of nitrogens with one attached hydrogen (secondary N) is 1. The highest BCUT2D eigenvalue weighted by atomic mass is 19.1. The highest BCUT2D eigenvalue weighted by molar-refractivity contribution is 6.04. The Morgan fingerprint density at radius 1 is 1.24 bits per heavy atom. The maximum absolute atomic E-state index is 13.7. The molecule has 8 nitrogen and oxygen atoms in total. The molecule has 29 heavy (non-hydrogen) atoms. The Morgan fingerprint density at radius 2 is 1.97 bits per heavy atom. The second-order valence-corrected chi connectivity index (χ2v) is 6.70. The van der Waals surface area contributed by atoms with E-state index < -0.39 is 28.9 Å². The second kappa shape index (κ2) is 8.68. The molecule has 0 atom stereocenters. The molecule has 3 rings (SSSR count). The highest BCUT2D eigenvalue weighted by Crippen LogP contribution is 2.25. The molecule has 1 N–H and O–H groups in total. The van der Waals surface area contributed by atoms with E-state index in [0.29, 0.717) is 24.3 Å². The number of hydrogen-bond acceptors (Lipinski definition) is 5. The van der Waals surface area contributed by atoms with E-state index in [2.05, 4.69) is 5.32 Å². The smallest absolute Gasteiger partial charge is 0.305 e. The van der Waals surface area contributed by atoms with Crippen LogP contribution in [0.25, 0.3) is 0 Å². The minimum Gasteiger partial charge on any atom is -0.484 e. The van der Waals surface area contributed by atoms with Crippen LogP contribution in [0.5, 0.6) is 5.75 Å². The summed E-state index contributed by atoms with van der Waals surface area (Å²) < 4.78 is 18.9. The van der Waals surface area contributed by atoms with Gasteiger partial charge in [-0.2, -0.15) is 4.39 Å². The first-order valence-corrected chi connectivity index (χ1v) is 9.12. The van der Waals surface area contributed by atoms with E-state index in [-0.39, 0.29) is 11.7 Å². The van der Waals surface area contributed by atoms with Gasteiger partial charge >= 0.3 is 5.69 Å². The van der Waals surface area contributed by atoms with Gasteiger partial charge in [0.2, 0.25) is 5.82 Å². The molecule has 0 bridgehead atoms. The fraction of sp³-hybridized carbons (Fsp3) is 0.300. The summed E-state index contributed by atoms with van der Waals surface area (Å²) in [6.45, 7) is 2.72. The first-order chi connectivity index (χ1) is 13.9. The SMILES string of the molecule is Cc1cccc(C(=O)N2CCCC2)c1NC(=O)COc1ccc([N+](=O)[O-])c(F)c1. The van der Waals surface area contributed by atoms with Crippen molar-refractivity contribution >= 4 is 23.2 Å². The van der Waals surface area contributed by atoms with E-state index in [9.17, 15) is 24.1 Å². The largest absolute Gasteiger partial charge is 0.484 e. The lowest BCUT2D eigenvalue weighted by atomic mass is 10.1. The second-order valence-electron chi connectivity index (χ2n) is 6.70. The average molecular weight is 401 g/mol. The first-order valence-electron chi connectivity index (χ1n) is 9.12. The number of likely N-dealkylation sites (tertiary alicyclic amines) is 1. The van der Waals surface area contributed by atoms with Crippen LogP contribution in [0.15, 0.2) is 36.4 Å². The Hall–Kier alpha value is -3.49. The standard InChI is InChI=1S/C20H20FN3O5/c1-13-5-4-6-15(20(26)23-9-2-3-10-23)19(13)22-18(25)12-29-14-7-8-17(24(27)28)16(21)11-14/h4-8,11H,2-3,9-10,12H2,1H3,(H,22,25). The lowest BCUT2D eigenvalue weighted by Crippen LogP contribution is -2.29. The average Bonchev–Trinajstić information content (AvgIpc) is 3.22. The topological polar surface area (TPSA) is 102 Å². The van der Waals surface area contributed by atoms with Gasteiger partial charge in [-0.15, -0.1) is 0 Å². The van der Waals surface area contributed by atoms with Gasteiger partial charge in [-0.3, -0.25) is 19.7 Å². The van der Waals surface area contributed by atoms with Crippen molar-refractivity contribution in [2.75, 3.05) is 25.0 Å². The molecule has 2 amide bonds. The Labute approximate surface area is 166 Å². The number of benzene rings is 2. The molecule has 1 heterocycles. The minimum atomic E-state index is -1.05. The summed E-state index contributed by atoms with van der Waals surface area (Å²) >= 11 is 0. The van der Waals surface area contributed by atoms with Gasteiger partial charge in [0.25, 0.3) is 11.8 Å². The Balaban J connectivity index is 1.68. The molecular weight excluding hydrogens is 381 g/mol. The van der Waals surface area contributed by atoms with Crippen LogP contribution < -0.4 is 10.1 Å². The number of rotatable bonds is 6. The number of carbonyl (C=O) groups excluding carboxylic acids is 2. The van der Waals surface area contributed by atoms with Crippen LogP contribution in [0.2, 0.25) is 0 Å². The van der Waals surface area contributed by atoms with Gasteiger partial charge in [-0.1, -0.05) is 12.1 Å². The number of para-hydroxylation sites is 1. The van der Waals surface area contributed by atoms with Crippen LogP contribution in [0.3, 0.4) is 0 Å². The fourth-order valence-corrected chi connectivity index (χ4v) is 3.15. The third-order valence-electron chi connectivity index (χ3n) is 4.65. The van der Waals surface area contributed by atoms with Gasteiger partial charge in [0, 0.05) is 25.2 Å². The number of aryl methyl sites for hydroxylation is 1. The number of nitro benzene ring substituents is 1. The van der Waals surface area contributed by atoms with Crippen LogP contribution >= 0.6 is 0 Å². The van der Waals surface area contributed by atoms with Crippen molar-refractivity contribution in [2.24, 2.45) is 0 Å². The molecule has 2 aromatic carbocycles. The van der Waals surface area contributed by atoms with Gasteiger partial charge in [0.05, 0.1) is 16.2 Å². The molecule has 152 valence electrons. The molecule has 1 saturated heterocycles. The molecule has 0 aromatic heterocycles. The lowest BCUT2D eigenvalue weighted by molar-refractivity contribution is -0.387. The number of halogens is 1. The molecule has 0 aliphatic carbocycles. The Morgan fingerprint density at radius 3 is 2.62 bits per heavy atom. The first kappa shape index (κ1) is 20.2. The molecule has 0 spiro atoms. The summed E-state index contributed by atoms with van der Waals surface area (Å²) in [5, 5.41) is 13.3. The summed E-state index contributed by atoms with van der Waals surface area (Å²) in [5.41, 5.74) is 0.867. The zero-order chi connectivity index (χ0) is 21.0. The monoisotopic (exact) mass is 401 g/mol. The van der Waals surface area contributed by atoms with Crippen molar-refractivity contribution in [1.82, 2.24) is 4.90 Å². The van der Waals surface area contributed by atoms with Gasteiger partial charge in [0.1, 0.15) is 5.75 Å². The van der Waals surface area contributed by atoms with Crippen molar-refractivity contribution in [2.45, 2.75) is 19.8 Å². The molecule has 1 aliphatic rings. The van der Waals surface area contributed by atoms with Gasteiger partial charge in [-0.05, 0) is 37.5 Å². The van der Waals surface area contributed by atoms with Crippen molar-refractivity contribution < 1.29 is 23.6 Å². The Bertz CT molecular complexity index is 957. The molecular formula is C20H20FN3O5. The van der Waals surface area contributed by atoms with E-state index in [1.165, 1.54) is 6.07 Å². The zero-order valence-corrected chi connectivity index (χ0v) is 15.8. The van der Waals surface area contributed by atoms with Crippen LogP contribution in [-0.2, 0) is 4.79 Å². The van der Waals surface area contributed by atoms with Crippen LogP contribution in [0.1, 0.15) is 28.8 Å². The number of amides is 2. The van der Waals surface area contributed by atoms with Gasteiger partial charge < -0.3 is 15.0 Å². The maximum Gasteiger partial charge on any atom is 0.305 e. The third-order valence-corrected chi connectivity index (χ3v) is 4.65. The van der Waals surface area contributed by atoms with Crippen molar-refractivity contribution in [3.8, 4) is 5.75 Å². The van der Waals surface area contributed by atoms with E-state index in [1.807, 2.05) is 0 Å². The summed E-state index contributed by atoms with van der Waals surface area (Å²) in [6.07, 6.45) is 1.91. The third kappa shape index (κ3) is 4.68. The zero-order valence-electron chi connectivity index (χ0n) is 15.8. The highest BCUT2D eigenvalue weighted by Gasteiger charge is 2.23. The van der Waals surface area contributed by atoms with E-state index in [0.717, 1.165) is 30.5 Å². The predicted molar refractivity (Wildman–Crippen MR) is 103 cm³/mol. The van der Waals surface area contributed by atoms with E-state index in [4.69, 9.17) is 4.74 Å². The van der Waals surface area contributed by atoms with Crippen molar-refractivity contribution in [1.29, 1.82) is 0 Å². The van der Waals surface area contributed by atoms with Crippen molar-refractivity contribution in [3.63, 3.8) is 0 Å². The lowest BCUT2D eigenvalue weighted by Gasteiger charge is -2.19. The van der Waals surface area contributed by atoms with E-state index in [1.54, 1.807) is 30.0 Å². The number of nitrogens with zero attached hydrogens (tertiary/aromatic N) is 2. The van der Waals surface area contributed by atoms with Gasteiger partial charge in [-0.25, -0.2) is 0 Å². The maximum atomic E-state index is 13.7. The number of nitro groups is 1. The van der Waals surface area contributed by atoms with E-state index >= 15 is 0 Å². The molecule has 0 saturated carbocycles. The summed E-state index contributed by atoms with van der Waals surface area (Å²) in [7, 11) is 0. The summed E-state index contributed by atoms with van der Waals surface area (Å²) in [4.78, 5) is 36.6.